The third kappa shape index (κ3) is 0.790. The highest BCUT2D eigenvalue weighted by atomic mass is 32.3. The highest BCUT2D eigenvalue weighted by Gasteiger charge is 2.35. The van der Waals surface area contributed by atoms with Crippen LogP contribution in [0.1, 0.15) is 0 Å². The number of hydrogen-bond donors (Lipinski definition) is 0. The maximum Gasteiger partial charge on any atom is 0.406 e. The van der Waals surface area contributed by atoms with Gasteiger partial charge in [-0.2, -0.15) is 13.7 Å². The Morgan fingerprint density at radius 2 is 2.00 bits per heavy atom. The summed E-state index contributed by atoms with van der Waals surface area (Å²) in [5.74, 6) is 0. The van der Waals surface area contributed by atoms with Crippen molar-refractivity contribution < 1.29 is 16.8 Å². The van der Waals surface area contributed by atoms with E-state index in [1.165, 1.54) is 6.07 Å². The van der Waals surface area contributed by atoms with Crippen LogP contribution in [0.2, 0.25) is 0 Å². The quantitative estimate of drug-likeness (QED) is 0.431. The summed E-state index contributed by atoms with van der Waals surface area (Å²) in [5, 5.41) is 7.85. The Morgan fingerprint density at radius 3 is 2.12 bits per heavy atom. The zero-order valence-corrected chi connectivity index (χ0v) is 4.38. The summed E-state index contributed by atoms with van der Waals surface area (Å²) in [6.45, 7) is 0. The summed E-state index contributed by atoms with van der Waals surface area (Å²) in [5.41, 5.74) is 0. The minimum Gasteiger partial charge on any atom is -0.200 e. The van der Waals surface area contributed by atoms with Crippen LogP contribution in [0, 0.1) is 11.3 Å². The summed E-state index contributed by atoms with van der Waals surface area (Å²) in [6.07, 6.45) is -1.22. The van der Waals surface area contributed by atoms with Crippen molar-refractivity contribution in [3.63, 3.8) is 0 Å². The van der Waals surface area contributed by atoms with Crippen LogP contribution in [0.3, 0.4) is 0 Å². The lowest BCUT2D eigenvalue weighted by atomic mass is 10.8. The molecule has 0 bridgehead atoms. The molecule has 0 aliphatic carbocycles. The van der Waals surface area contributed by atoms with Crippen molar-refractivity contribution in [2.45, 2.75) is 6.29 Å². The fourth-order valence-electron chi connectivity index (χ4n) is 0.264. The number of nitrogens with zero attached hydrogens (tertiary/aromatic N) is 1. The predicted molar refractivity (Wildman–Crippen MR) is 20.5 cm³/mol. The van der Waals surface area contributed by atoms with Crippen LogP contribution in [0.15, 0.2) is 0 Å². The van der Waals surface area contributed by atoms with E-state index in [2.05, 4.69) is 8.37 Å². The van der Waals surface area contributed by atoms with E-state index in [0.717, 1.165) is 0 Å². The van der Waals surface area contributed by atoms with Crippen molar-refractivity contribution in [1.82, 2.24) is 0 Å². The van der Waals surface area contributed by atoms with Gasteiger partial charge in [0, 0.05) is 0 Å². The van der Waals surface area contributed by atoms with Gasteiger partial charge < -0.3 is 0 Å². The first-order chi connectivity index (χ1) is 3.64. The van der Waals surface area contributed by atoms with Gasteiger partial charge in [-0.05, 0) is 0 Å². The lowest BCUT2D eigenvalue weighted by Crippen LogP contribution is -2.34. The molecular weight excluding hydrogens is 134 g/mol. The zero-order valence-electron chi connectivity index (χ0n) is 3.57. The van der Waals surface area contributed by atoms with Crippen molar-refractivity contribution >= 4 is 10.4 Å². The molecule has 0 aromatic carbocycles. The molecule has 0 amide bonds. The Bertz CT molecular complexity index is 211. The predicted octanol–water partition coefficient (Wildman–Crippen LogP) is -0.872. The molecule has 1 aliphatic heterocycles. The first-order valence-electron chi connectivity index (χ1n) is 1.65. The molecule has 1 aliphatic rings. The van der Waals surface area contributed by atoms with Crippen LogP contribution in [0.25, 0.3) is 0 Å². The van der Waals surface area contributed by atoms with Crippen LogP contribution >= 0.6 is 0 Å². The molecule has 0 saturated carbocycles. The molecule has 44 valence electrons. The highest BCUT2D eigenvalue weighted by molar-refractivity contribution is 7.82. The molecule has 0 N–H and O–H groups in total. The summed E-state index contributed by atoms with van der Waals surface area (Å²) in [7, 11) is -3.77. The molecule has 1 rings (SSSR count). The Hall–Kier alpha value is -0.640. The summed E-state index contributed by atoms with van der Waals surface area (Å²) in [6, 6.07) is 1.43. The minimum atomic E-state index is -3.77. The molecule has 0 atom stereocenters. The van der Waals surface area contributed by atoms with Crippen molar-refractivity contribution in [2.24, 2.45) is 0 Å². The van der Waals surface area contributed by atoms with Crippen molar-refractivity contribution in [3.8, 4) is 6.07 Å². The van der Waals surface area contributed by atoms with E-state index >= 15 is 0 Å². The van der Waals surface area contributed by atoms with E-state index < -0.39 is 16.7 Å². The van der Waals surface area contributed by atoms with Crippen LogP contribution < -0.4 is 0 Å². The van der Waals surface area contributed by atoms with E-state index in [1.807, 2.05) is 0 Å². The molecule has 0 unspecified atom stereocenters. The third-order valence-corrected chi connectivity index (χ3v) is 1.34. The lowest BCUT2D eigenvalue weighted by molar-refractivity contribution is -0.0366. The minimum absolute atomic E-state index is 1.22. The molecule has 1 saturated heterocycles. The normalized spacial score (nSPS) is 25.9. The molecule has 0 aromatic rings. The lowest BCUT2D eigenvalue weighted by Gasteiger charge is -2.17. The van der Waals surface area contributed by atoms with Crippen LogP contribution in [0.5, 0.6) is 0 Å². The number of nitriles is 1. The monoisotopic (exact) mass is 135 g/mol. The molecule has 0 radical (unpaired) electrons. The van der Waals surface area contributed by atoms with Gasteiger partial charge >= 0.3 is 10.4 Å². The van der Waals surface area contributed by atoms with E-state index in [0.29, 0.717) is 0 Å². The van der Waals surface area contributed by atoms with E-state index in [4.69, 9.17) is 5.26 Å². The molecule has 8 heavy (non-hydrogen) atoms. The maximum atomic E-state index is 9.86. The average Bonchev–Trinajstić information content (AvgIpc) is 1.60. The third-order valence-electron chi connectivity index (χ3n) is 0.516. The van der Waals surface area contributed by atoms with Gasteiger partial charge in [0.2, 0.25) is 0 Å². The van der Waals surface area contributed by atoms with Gasteiger partial charge in [-0.25, -0.2) is 8.37 Å². The van der Waals surface area contributed by atoms with Gasteiger partial charge in [0.05, 0.1) is 0 Å². The summed E-state index contributed by atoms with van der Waals surface area (Å²) < 4.78 is 27.5. The van der Waals surface area contributed by atoms with Gasteiger partial charge in [0.15, 0.2) is 0 Å². The Labute approximate surface area is 45.8 Å². The second kappa shape index (κ2) is 1.42. The Morgan fingerprint density at radius 1 is 1.50 bits per heavy atom. The number of rotatable bonds is 0. The van der Waals surface area contributed by atoms with Crippen molar-refractivity contribution in [2.75, 3.05) is 0 Å². The van der Waals surface area contributed by atoms with Gasteiger partial charge in [0.25, 0.3) is 6.29 Å². The largest absolute Gasteiger partial charge is 0.406 e. The SMILES string of the molecule is N#CC1OS(=O)(=O)O1. The molecule has 0 spiro atoms. The Kier molecular flexibility index (Phi) is 0.973. The topological polar surface area (TPSA) is 76.4 Å². The second-order valence-corrected chi connectivity index (χ2v) is 2.26. The molecule has 1 heterocycles. The van der Waals surface area contributed by atoms with Gasteiger partial charge in [-0.1, -0.05) is 0 Å². The van der Waals surface area contributed by atoms with Crippen LogP contribution in [0.4, 0.5) is 0 Å². The van der Waals surface area contributed by atoms with Crippen molar-refractivity contribution in [3.05, 3.63) is 0 Å². The average molecular weight is 135 g/mol. The van der Waals surface area contributed by atoms with Gasteiger partial charge in [0.1, 0.15) is 6.07 Å². The van der Waals surface area contributed by atoms with Gasteiger partial charge in [-0.3, -0.25) is 0 Å². The summed E-state index contributed by atoms with van der Waals surface area (Å²) in [4.78, 5) is 0. The first-order valence-corrected chi connectivity index (χ1v) is 2.98. The summed E-state index contributed by atoms with van der Waals surface area (Å²) >= 11 is 0. The van der Waals surface area contributed by atoms with E-state index in [-0.39, 0.29) is 0 Å². The smallest absolute Gasteiger partial charge is 0.200 e. The first kappa shape index (κ1) is 5.50. The highest BCUT2D eigenvalue weighted by Crippen LogP contribution is 2.15. The Balaban J connectivity index is 2.59. The second-order valence-electron chi connectivity index (χ2n) is 1.06. The molecule has 0 aromatic heterocycles. The van der Waals surface area contributed by atoms with E-state index in [1.54, 1.807) is 0 Å². The maximum absolute atomic E-state index is 9.86. The molecule has 6 heteroatoms. The molecule has 5 nitrogen and oxygen atoms in total. The standard InChI is InChI=1S/C2HNO4S/c3-1-2-6-8(4,5)7-2/h2H. The fraction of sp³-hybridized carbons (Fsp3) is 0.500. The van der Waals surface area contributed by atoms with Gasteiger partial charge in [-0.15, -0.1) is 0 Å². The van der Waals surface area contributed by atoms with Crippen molar-refractivity contribution in [1.29, 1.82) is 5.26 Å². The van der Waals surface area contributed by atoms with Crippen LogP contribution in [-0.2, 0) is 18.8 Å². The number of hydrogen-bond acceptors (Lipinski definition) is 5. The fourth-order valence-corrected chi connectivity index (χ4v) is 0.793. The molecular formula is C2HNO4S. The van der Waals surface area contributed by atoms with E-state index in [9.17, 15) is 8.42 Å². The molecule has 1 fully saturated rings. The zero-order chi connectivity index (χ0) is 6.20. The van der Waals surface area contributed by atoms with Crippen LogP contribution in [-0.4, -0.2) is 14.7 Å².